The van der Waals surface area contributed by atoms with Crippen molar-refractivity contribution in [3.63, 3.8) is 0 Å². The average molecular weight is 1480 g/mol. The third kappa shape index (κ3) is 19.2. The molecule has 103 heavy (non-hydrogen) atoms. The van der Waals surface area contributed by atoms with E-state index in [1.54, 1.807) is 65.8 Å². The van der Waals surface area contributed by atoms with Crippen LogP contribution in [-0.4, -0.2) is 167 Å². The number of benzene rings is 2. The third-order valence-corrected chi connectivity index (χ3v) is 24.2. The van der Waals surface area contributed by atoms with Gasteiger partial charge in [-0.25, -0.2) is 44.8 Å². The number of nitrogens with zero attached hydrogens (tertiary/aromatic N) is 5. The first-order valence-electron chi connectivity index (χ1n) is 35.6. The Balaban J connectivity index is 0.000000219. The van der Waals surface area contributed by atoms with Gasteiger partial charge in [0.15, 0.2) is 11.6 Å². The van der Waals surface area contributed by atoms with Crippen LogP contribution in [0.15, 0.2) is 60.7 Å². The van der Waals surface area contributed by atoms with Crippen LogP contribution in [-0.2, 0) is 93.9 Å². The van der Waals surface area contributed by atoms with Crippen LogP contribution in [0.1, 0.15) is 192 Å². The largest absolute Gasteiger partial charge is 1.00 e. The Labute approximate surface area is 622 Å². The maximum absolute atomic E-state index is 14.4. The van der Waals surface area contributed by atoms with Crippen LogP contribution in [0.3, 0.4) is 0 Å². The van der Waals surface area contributed by atoms with Gasteiger partial charge in [-0.05, 0) is 154 Å². The molecule has 0 radical (unpaired) electrons. The summed E-state index contributed by atoms with van der Waals surface area (Å²) in [6.07, 6.45) is 10.3. The number of ketones is 2. The molecule has 4 aliphatic carbocycles. The fourth-order valence-corrected chi connectivity index (χ4v) is 17.3. The zero-order valence-electron chi connectivity index (χ0n) is 59.6. The van der Waals surface area contributed by atoms with Crippen molar-refractivity contribution in [1.82, 2.24) is 35.0 Å². The Morgan fingerprint density at radius 2 is 0.990 bits per heavy atom. The van der Waals surface area contributed by atoms with Crippen LogP contribution >= 0.6 is 0 Å². The van der Waals surface area contributed by atoms with E-state index in [0.29, 0.717) is 73.6 Å². The summed E-state index contributed by atoms with van der Waals surface area (Å²) in [5.74, 6) is -5.28. The summed E-state index contributed by atoms with van der Waals surface area (Å²) in [5.41, 5.74) is -2.22. The van der Waals surface area contributed by atoms with Crippen LogP contribution in [0.25, 0.3) is 4.72 Å². The number of ether oxygens (including phenoxy) is 4. The number of fused-ring (bicyclic) bond motifs is 6. The number of Topliss-reactive ketones (excluding diaryl/α,β-unsaturated/α-hetero) is 2. The summed E-state index contributed by atoms with van der Waals surface area (Å²) >= 11 is 0. The zero-order chi connectivity index (χ0) is 73.4. The van der Waals surface area contributed by atoms with E-state index < -0.39 is 166 Å². The molecule has 6 fully saturated rings. The van der Waals surface area contributed by atoms with E-state index in [4.69, 9.17) is 18.9 Å². The van der Waals surface area contributed by atoms with E-state index in [1.807, 2.05) is 24.3 Å². The Morgan fingerprint density at radius 3 is 1.42 bits per heavy atom. The van der Waals surface area contributed by atoms with Gasteiger partial charge in [0.2, 0.25) is 27.7 Å². The molecule has 4 saturated carbocycles. The molecule has 3 N–H and O–H groups in total. The Kier molecular flexibility index (Phi) is 24.1. The summed E-state index contributed by atoms with van der Waals surface area (Å²) in [7, 11) is -7.88. The molecule has 2 aromatic carbocycles. The normalized spacial score (nSPS) is 28.8. The van der Waals surface area contributed by atoms with E-state index in [2.05, 4.69) is 20.1 Å². The maximum atomic E-state index is 14.4. The van der Waals surface area contributed by atoms with Gasteiger partial charge in [0.05, 0.1) is 64.9 Å². The first-order valence-corrected chi connectivity index (χ1v) is 38.7. The molecule has 0 aromatic heterocycles. The van der Waals surface area contributed by atoms with Crippen LogP contribution in [0.4, 0.5) is 28.0 Å². The van der Waals surface area contributed by atoms with Gasteiger partial charge in [0.25, 0.3) is 0 Å². The molecule has 8 amide bonds. The quantitative estimate of drug-likeness (QED) is 0.134. The zero-order valence-corrected chi connectivity index (χ0v) is 63.2. The number of hydrogen-bond donors (Lipinski definition) is 3. The number of rotatable bonds is 10. The number of halogens is 2. The van der Waals surface area contributed by atoms with Gasteiger partial charge in [-0.3, -0.25) is 38.5 Å². The van der Waals surface area contributed by atoms with Gasteiger partial charge in [-0.2, -0.15) is 0 Å². The first kappa shape index (κ1) is 78.6. The van der Waals surface area contributed by atoms with Crippen LogP contribution in [0, 0.1) is 34.3 Å². The van der Waals surface area contributed by atoms with Crippen molar-refractivity contribution in [3.8, 4) is 0 Å². The van der Waals surface area contributed by atoms with Gasteiger partial charge in [-0.15, -0.1) is 0 Å². The minimum Gasteiger partial charge on any atom is -0.545 e. The fourth-order valence-electron chi connectivity index (χ4n) is 14.7. The summed E-state index contributed by atoms with van der Waals surface area (Å²) in [6.45, 7) is 10.2. The Morgan fingerprint density at radius 1 is 0.563 bits per heavy atom. The Hall–Kier alpha value is -7.02. The van der Waals surface area contributed by atoms with E-state index >= 15 is 0 Å². The van der Waals surface area contributed by atoms with E-state index in [9.17, 15) is 73.6 Å². The molecule has 2 aromatic rings. The van der Waals surface area contributed by atoms with E-state index in [1.165, 1.54) is 31.7 Å². The molecule has 31 heteroatoms. The van der Waals surface area contributed by atoms with Crippen molar-refractivity contribution >= 4 is 79.6 Å². The predicted molar refractivity (Wildman–Crippen MR) is 364 cm³/mol. The SMILES string of the molecule is CC(C)(C)OC(=O)N[C@H]1CCCCC/C=C\[C@@H]2C[C@@]2(C(=O)NS(=O)(=O)C2CC2)CC(=O)[C@@H]2C[C@@H](OC(=O)N3Cc4cccc(F)c4C3)CN2C1=O.CC(C)(C)OC(=O)N[C@H]1CCCCC/C=C\[C@@H]2C[C@@]2(C(=O)[N-]S(=O)(=O)C2CC2)CC(=O)[C@@H]2C[C@@H](OC(=O)N3Cc4cccc(F)c4C3)CN2C1=O.[Na+]. The molecule has 6 aliphatic heterocycles. The fraction of sp³-hybridized carbons (Fsp3) is 0.639. The summed E-state index contributed by atoms with van der Waals surface area (Å²) in [6, 6.07) is 4.89. The van der Waals surface area contributed by atoms with Crippen molar-refractivity contribution in [2.75, 3.05) is 13.1 Å². The summed E-state index contributed by atoms with van der Waals surface area (Å²) in [4.78, 5) is 142. The molecule has 26 nitrogen and oxygen atoms in total. The molecule has 10 aliphatic rings. The minimum absolute atomic E-state index is 0. The molecule has 12 rings (SSSR count). The van der Waals surface area contributed by atoms with Gasteiger partial charge >= 0.3 is 53.9 Å². The van der Waals surface area contributed by atoms with Gasteiger partial charge < -0.3 is 48.9 Å². The number of nitrogens with one attached hydrogen (secondary N) is 3. The van der Waals surface area contributed by atoms with Crippen molar-refractivity contribution in [2.24, 2.45) is 22.7 Å². The molecule has 2 saturated heterocycles. The number of carbonyl (C=O) groups excluding carboxylic acids is 10. The Bertz CT molecular complexity index is 3700. The monoisotopic (exact) mass is 1480 g/mol. The molecule has 6 heterocycles. The number of alkyl carbamates (subject to hydrolysis) is 2. The second-order valence-electron chi connectivity index (χ2n) is 31.0. The van der Waals surface area contributed by atoms with E-state index in [-0.39, 0.29) is 126 Å². The number of amides is 8. The summed E-state index contributed by atoms with van der Waals surface area (Å²) < 4.78 is 108. The van der Waals surface area contributed by atoms with Gasteiger partial charge in [-0.1, -0.05) is 74.3 Å². The number of carbonyl (C=O) groups is 10. The standard InChI is InChI=1S/2C36H47FN4O9S.Na/c2*1-35(2,3)50-33(45)38-28-13-8-6-4-5-7-11-23-17-36(23,32(44)39-51(47,48)25-14-15-25)18-30(42)29-16-24(20-41(29)31(28)43)49-34(46)40-19-22-10-9-12-27(37)26(22)21-40;/h7,9-12,23-25,28-29H,4-6,8,13-21H2,1-3H3,(H,38,45)(H,39,44);7,9-12,23-25,28-29H,4-6,8,13-21H2,1-3H3,(H2,38,39,44,45);/q;;+1/p-1/b2*11-7-;/t2*23-,24-,28+,29+,36-;/m11./s1. The second-order valence-corrected chi connectivity index (χ2v) is 34.8. The van der Waals surface area contributed by atoms with Gasteiger partial charge in [0.1, 0.15) is 47.1 Å². The third-order valence-electron chi connectivity index (χ3n) is 20.7. The number of hydrogen-bond acceptors (Lipinski definition) is 18. The van der Waals surface area contributed by atoms with Crippen LogP contribution < -0.4 is 44.9 Å². The molecular formula is C72H93F2N8NaO18S2. The van der Waals surface area contributed by atoms with Crippen LogP contribution in [0.2, 0.25) is 0 Å². The molecule has 556 valence electrons. The topological polar surface area (TPSA) is 339 Å². The molecule has 0 spiro atoms. The van der Waals surface area contributed by atoms with Crippen molar-refractivity contribution < 1.29 is 122 Å². The predicted octanol–water partition coefficient (Wildman–Crippen LogP) is 6.26. The van der Waals surface area contributed by atoms with Crippen molar-refractivity contribution in [1.29, 1.82) is 0 Å². The minimum atomic E-state index is -4.00. The second kappa shape index (κ2) is 31.6. The number of sulfonamides is 2. The summed E-state index contributed by atoms with van der Waals surface area (Å²) in [5, 5.41) is 4.05. The van der Waals surface area contributed by atoms with Gasteiger partial charge in [0, 0.05) is 60.6 Å². The average Bonchev–Trinajstić information content (AvgIpc) is 1.58. The van der Waals surface area contributed by atoms with E-state index in [0.717, 1.165) is 25.7 Å². The maximum Gasteiger partial charge on any atom is 1.00 e. The molecular weight excluding hydrogens is 1390 g/mol. The molecule has 0 bridgehead atoms. The van der Waals surface area contributed by atoms with Crippen LogP contribution in [0.5, 0.6) is 0 Å². The first-order chi connectivity index (χ1) is 48.1. The molecule has 0 unspecified atom stereocenters. The van der Waals surface area contributed by atoms with Crippen molar-refractivity contribution in [3.05, 3.63) is 99.3 Å². The van der Waals surface area contributed by atoms with Crippen molar-refractivity contribution in [2.45, 2.75) is 254 Å². The number of allylic oxidation sites excluding steroid dienone is 4. The molecule has 10 atom stereocenters. The smallest absolute Gasteiger partial charge is 0.545 e.